The molecule has 0 atom stereocenters. The molecule has 0 saturated heterocycles. The molecule has 0 N–H and O–H groups in total. The van der Waals surface area contributed by atoms with Crippen LogP contribution in [0.1, 0.15) is 16.8 Å². The van der Waals surface area contributed by atoms with E-state index in [0.29, 0.717) is 0 Å². The summed E-state index contributed by atoms with van der Waals surface area (Å²) in [6.45, 7) is 3.00. The largest absolute Gasteiger partial charge is 0.340 e. The molecule has 2 nitrogen and oxygen atoms in total. The van der Waals surface area contributed by atoms with Crippen molar-refractivity contribution in [3.05, 3.63) is 70.4 Å². The number of benzene rings is 2. The van der Waals surface area contributed by atoms with Crippen LogP contribution in [0.15, 0.2) is 48.5 Å². The van der Waals surface area contributed by atoms with Gasteiger partial charge in [0.15, 0.2) is 0 Å². The molecule has 0 saturated carbocycles. The molecule has 1 aliphatic rings. The summed E-state index contributed by atoms with van der Waals surface area (Å²) in [6.07, 6.45) is 1.09. The molecule has 3 heteroatoms. The van der Waals surface area contributed by atoms with E-state index in [4.69, 9.17) is 11.6 Å². The maximum atomic E-state index is 6.53. The van der Waals surface area contributed by atoms with Crippen LogP contribution in [0, 0.1) is 0 Å². The van der Waals surface area contributed by atoms with E-state index in [-0.39, 0.29) is 0 Å². The van der Waals surface area contributed by atoms with Crippen LogP contribution < -0.4 is 0 Å². The molecule has 0 aliphatic carbocycles. The van der Waals surface area contributed by atoms with Crippen molar-refractivity contribution < 1.29 is 0 Å². The molecule has 0 unspecified atom stereocenters. The van der Waals surface area contributed by atoms with Crippen LogP contribution in [0.2, 0.25) is 5.02 Å². The molecule has 0 bridgehead atoms. The molecule has 0 amide bonds. The summed E-state index contributed by atoms with van der Waals surface area (Å²) in [4.78, 5) is 2.37. The molecule has 0 fully saturated rings. The fraction of sp³-hybridized carbons (Fsp3) is 0.263. The lowest BCUT2D eigenvalue weighted by Crippen LogP contribution is -2.27. The molecular formula is C19H19ClN2. The fourth-order valence-electron chi connectivity index (χ4n) is 3.54. The summed E-state index contributed by atoms with van der Waals surface area (Å²) < 4.78 is 2.46. The summed E-state index contributed by atoms with van der Waals surface area (Å²) in [5.74, 6) is 0. The topological polar surface area (TPSA) is 8.17 Å². The van der Waals surface area contributed by atoms with Crippen molar-refractivity contribution in [1.29, 1.82) is 0 Å². The second kappa shape index (κ2) is 5.45. The van der Waals surface area contributed by atoms with Crippen LogP contribution in [0.4, 0.5) is 0 Å². The van der Waals surface area contributed by atoms with Gasteiger partial charge in [-0.2, -0.15) is 0 Å². The molecule has 0 spiro atoms. The number of nitrogens with zero attached hydrogens (tertiary/aromatic N) is 2. The summed E-state index contributed by atoms with van der Waals surface area (Å²) in [6, 6.07) is 16.9. The van der Waals surface area contributed by atoms with Crippen LogP contribution in [-0.2, 0) is 19.5 Å². The standard InChI is InChI=1S/C19H19ClN2/c1-21-11-10-17-15(13-21)19-16(20)8-5-9-18(19)22(17)12-14-6-3-2-4-7-14/h2-9H,10-13H2,1H3. The van der Waals surface area contributed by atoms with Gasteiger partial charge in [0.05, 0.1) is 10.5 Å². The first-order chi connectivity index (χ1) is 10.7. The third-order valence-electron chi connectivity index (χ3n) is 4.60. The Labute approximate surface area is 135 Å². The lowest BCUT2D eigenvalue weighted by atomic mass is 10.0. The summed E-state index contributed by atoms with van der Waals surface area (Å²) in [7, 11) is 2.18. The maximum Gasteiger partial charge on any atom is 0.0504 e. The molecule has 1 aliphatic heterocycles. The zero-order chi connectivity index (χ0) is 15.1. The number of fused-ring (bicyclic) bond motifs is 3. The monoisotopic (exact) mass is 310 g/mol. The highest BCUT2D eigenvalue weighted by molar-refractivity contribution is 6.35. The molecule has 22 heavy (non-hydrogen) atoms. The van der Waals surface area contributed by atoms with Crippen LogP contribution in [0.3, 0.4) is 0 Å². The van der Waals surface area contributed by atoms with Crippen molar-refractivity contribution >= 4 is 22.5 Å². The van der Waals surface area contributed by atoms with E-state index >= 15 is 0 Å². The van der Waals surface area contributed by atoms with Crippen molar-refractivity contribution in [2.45, 2.75) is 19.5 Å². The molecule has 4 rings (SSSR count). The first-order valence-electron chi connectivity index (χ1n) is 7.75. The highest BCUT2D eigenvalue weighted by Gasteiger charge is 2.23. The van der Waals surface area contributed by atoms with E-state index in [1.807, 2.05) is 6.07 Å². The third kappa shape index (κ3) is 2.23. The van der Waals surface area contributed by atoms with E-state index in [0.717, 1.165) is 31.1 Å². The zero-order valence-corrected chi connectivity index (χ0v) is 13.5. The van der Waals surface area contributed by atoms with Gasteiger partial charge < -0.3 is 9.47 Å². The number of hydrogen-bond acceptors (Lipinski definition) is 1. The fourth-order valence-corrected chi connectivity index (χ4v) is 3.82. The Morgan fingerprint density at radius 3 is 2.68 bits per heavy atom. The molecular weight excluding hydrogens is 292 g/mol. The van der Waals surface area contributed by atoms with Crippen molar-refractivity contribution in [2.75, 3.05) is 13.6 Å². The Morgan fingerprint density at radius 1 is 1.05 bits per heavy atom. The van der Waals surface area contributed by atoms with Gasteiger partial charge in [-0.1, -0.05) is 48.0 Å². The van der Waals surface area contributed by atoms with Gasteiger partial charge in [-0.3, -0.25) is 0 Å². The number of halogens is 1. The number of hydrogen-bond donors (Lipinski definition) is 0. The molecule has 0 radical (unpaired) electrons. The van der Waals surface area contributed by atoms with Crippen molar-refractivity contribution in [3.8, 4) is 0 Å². The van der Waals surface area contributed by atoms with E-state index < -0.39 is 0 Å². The number of likely N-dealkylation sites (N-methyl/N-ethyl adjacent to an activating group) is 1. The Hall–Kier alpha value is -1.77. The Kier molecular flexibility index (Phi) is 3.44. The summed E-state index contributed by atoms with van der Waals surface area (Å²) in [5.41, 5.74) is 5.45. The van der Waals surface area contributed by atoms with Gasteiger partial charge in [0.25, 0.3) is 0 Å². The van der Waals surface area contributed by atoms with Crippen LogP contribution >= 0.6 is 11.6 Å². The predicted octanol–water partition coefficient (Wildman–Crippen LogP) is 4.33. The van der Waals surface area contributed by atoms with Gasteiger partial charge in [-0.15, -0.1) is 0 Å². The smallest absolute Gasteiger partial charge is 0.0504 e. The predicted molar refractivity (Wildman–Crippen MR) is 92.5 cm³/mol. The summed E-state index contributed by atoms with van der Waals surface area (Å²) >= 11 is 6.53. The minimum atomic E-state index is 0.871. The van der Waals surface area contributed by atoms with Gasteiger partial charge in [0.2, 0.25) is 0 Å². The van der Waals surface area contributed by atoms with E-state index in [2.05, 4.69) is 59.0 Å². The maximum absolute atomic E-state index is 6.53. The quantitative estimate of drug-likeness (QED) is 0.684. The van der Waals surface area contributed by atoms with Gasteiger partial charge in [-0.25, -0.2) is 0 Å². The average molecular weight is 311 g/mol. The van der Waals surface area contributed by atoms with Crippen molar-refractivity contribution in [1.82, 2.24) is 9.47 Å². The van der Waals surface area contributed by atoms with Gasteiger partial charge >= 0.3 is 0 Å². The van der Waals surface area contributed by atoms with Gasteiger partial charge in [0.1, 0.15) is 0 Å². The molecule has 2 aromatic carbocycles. The first kappa shape index (κ1) is 13.9. The molecule has 1 aromatic heterocycles. The average Bonchev–Trinajstić information content (AvgIpc) is 2.83. The molecule has 112 valence electrons. The first-order valence-corrected chi connectivity index (χ1v) is 8.13. The van der Waals surface area contributed by atoms with Crippen LogP contribution in [0.25, 0.3) is 10.9 Å². The van der Waals surface area contributed by atoms with E-state index in [1.54, 1.807) is 0 Å². The Morgan fingerprint density at radius 2 is 1.86 bits per heavy atom. The van der Waals surface area contributed by atoms with E-state index in [9.17, 15) is 0 Å². The van der Waals surface area contributed by atoms with Crippen molar-refractivity contribution in [3.63, 3.8) is 0 Å². The minimum Gasteiger partial charge on any atom is -0.340 e. The lowest BCUT2D eigenvalue weighted by molar-refractivity contribution is 0.310. The third-order valence-corrected chi connectivity index (χ3v) is 4.92. The normalized spacial score (nSPS) is 15.2. The highest BCUT2D eigenvalue weighted by atomic mass is 35.5. The van der Waals surface area contributed by atoms with Gasteiger partial charge in [-0.05, 0) is 30.3 Å². The number of aromatic nitrogens is 1. The molecule has 2 heterocycles. The second-order valence-electron chi connectivity index (χ2n) is 6.12. The Balaban J connectivity index is 1.92. The lowest BCUT2D eigenvalue weighted by Gasteiger charge is -2.24. The zero-order valence-electron chi connectivity index (χ0n) is 12.7. The number of rotatable bonds is 2. The van der Waals surface area contributed by atoms with Crippen LogP contribution in [0.5, 0.6) is 0 Å². The van der Waals surface area contributed by atoms with Crippen LogP contribution in [-0.4, -0.2) is 23.1 Å². The minimum absolute atomic E-state index is 0.871. The second-order valence-corrected chi connectivity index (χ2v) is 6.53. The van der Waals surface area contributed by atoms with E-state index in [1.165, 1.54) is 27.7 Å². The Bertz CT molecular complexity index is 820. The molecule has 3 aromatic rings. The van der Waals surface area contributed by atoms with Gasteiger partial charge in [0, 0.05) is 37.1 Å². The van der Waals surface area contributed by atoms with Crippen molar-refractivity contribution in [2.24, 2.45) is 0 Å². The highest BCUT2D eigenvalue weighted by Crippen LogP contribution is 2.35. The summed E-state index contributed by atoms with van der Waals surface area (Å²) in [5, 5.41) is 2.11. The SMILES string of the molecule is CN1CCc2c(c3c(Cl)cccc3n2Cc2ccccc2)C1.